The second-order valence-corrected chi connectivity index (χ2v) is 5.11. The average molecular weight is 279 g/mol. The number of carbonyl (C=O) groups excluding carboxylic acids is 2. The van der Waals surface area contributed by atoms with Gasteiger partial charge in [0.2, 0.25) is 0 Å². The molecular formula is C14H21N3O3. The van der Waals surface area contributed by atoms with Crippen LogP contribution < -0.4 is 0 Å². The lowest BCUT2D eigenvalue weighted by molar-refractivity contribution is -0.146. The molecule has 1 aliphatic rings. The van der Waals surface area contributed by atoms with E-state index in [9.17, 15) is 9.59 Å². The molecule has 0 bridgehead atoms. The van der Waals surface area contributed by atoms with E-state index >= 15 is 0 Å². The number of aryl methyl sites for hydroxylation is 2. The van der Waals surface area contributed by atoms with Gasteiger partial charge in [-0.1, -0.05) is 6.92 Å². The summed E-state index contributed by atoms with van der Waals surface area (Å²) >= 11 is 0. The fourth-order valence-corrected chi connectivity index (χ4v) is 2.58. The number of aromatic nitrogens is 2. The van der Waals surface area contributed by atoms with Crippen molar-refractivity contribution in [3.8, 4) is 0 Å². The molecule has 1 aromatic heterocycles. The zero-order valence-corrected chi connectivity index (χ0v) is 12.3. The first-order chi connectivity index (χ1) is 9.56. The summed E-state index contributed by atoms with van der Waals surface area (Å²) in [5.41, 5.74) is 1.48. The van der Waals surface area contributed by atoms with E-state index in [1.54, 1.807) is 16.6 Å². The summed E-state index contributed by atoms with van der Waals surface area (Å²) < 4.78 is 6.39. The number of carbonyl (C=O) groups is 2. The number of likely N-dealkylation sites (tertiary alicyclic amines) is 1. The molecule has 0 N–H and O–H groups in total. The molecule has 1 fully saturated rings. The minimum absolute atomic E-state index is 0.0618. The van der Waals surface area contributed by atoms with Gasteiger partial charge in [0.1, 0.15) is 5.69 Å². The number of hydrogen-bond acceptors (Lipinski definition) is 4. The smallest absolute Gasteiger partial charge is 0.310 e. The molecule has 2 rings (SSSR count). The number of methoxy groups -OCH3 is 1. The van der Waals surface area contributed by atoms with Crippen LogP contribution in [0.4, 0.5) is 0 Å². The molecule has 1 saturated heterocycles. The predicted molar refractivity (Wildman–Crippen MR) is 73.2 cm³/mol. The third-order valence-electron chi connectivity index (χ3n) is 3.75. The van der Waals surface area contributed by atoms with Crippen molar-refractivity contribution in [1.29, 1.82) is 0 Å². The van der Waals surface area contributed by atoms with Crippen LogP contribution >= 0.6 is 0 Å². The Labute approximate surface area is 118 Å². The third-order valence-corrected chi connectivity index (χ3v) is 3.75. The van der Waals surface area contributed by atoms with Crippen molar-refractivity contribution in [2.45, 2.75) is 26.2 Å². The van der Waals surface area contributed by atoms with Gasteiger partial charge in [-0.2, -0.15) is 5.10 Å². The summed E-state index contributed by atoms with van der Waals surface area (Å²) in [4.78, 5) is 25.9. The van der Waals surface area contributed by atoms with Gasteiger partial charge in [-0.15, -0.1) is 0 Å². The standard InChI is InChI=1S/C14H21N3O3/c1-4-11-8-12(16(2)15-11)13(18)17-7-5-6-10(9-17)14(19)20-3/h8,10H,4-7,9H2,1-3H3/t10-/m0/s1. The van der Waals surface area contributed by atoms with Crippen LogP contribution in [-0.2, 0) is 23.0 Å². The third kappa shape index (κ3) is 2.84. The van der Waals surface area contributed by atoms with Crippen LogP contribution in [-0.4, -0.2) is 46.8 Å². The second-order valence-electron chi connectivity index (χ2n) is 5.11. The largest absolute Gasteiger partial charge is 0.469 e. The molecule has 6 nitrogen and oxygen atoms in total. The molecule has 1 atom stereocenters. The Balaban J connectivity index is 2.12. The molecule has 1 amide bonds. The Morgan fingerprint density at radius 1 is 1.50 bits per heavy atom. The highest BCUT2D eigenvalue weighted by molar-refractivity contribution is 5.93. The van der Waals surface area contributed by atoms with Crippen molar-refractivity contribution in [3.05, 3.63) is 17.5 Å². The van der Waals surface area contributed by atoms with E-state index in [0.29, 0.717) is 18.8 Å². The first kappa shape index (κ1) is 14.6. The predicted octanol–water partition coefficient (Wildman–Crippen LogP) is 1.01. The monoisotopic (exact) mass is 279 g/mol. The SMILES string of the molecule is CCc1cc(C(=O)N2CCC[C@H](C(=O)OC)C2)n(C)n1. The molecule has 0 spiro atoms. The van der Waals surface area contributed by atoms with Gasteiger partial charge in [-0.25, -0.2) is 0 Å². The van der Waals surface area contributed by atoms with Crippen LogP contribution in [0, 0.1) is 5.92 Å². The quantitative estimate of drug-likeness (QED) is 0.775. The maximum atomic E-state index is 12.5. The summed E-state index contributed by atoms with van der Waals surface area (Å²) in [6, 6.07) is 1.82. The highest BCUT2D eigenvalue weighted by Crippen LogP contribution is 2.20. The van der Waals surface area contributed by atoms with Crippen LogP contribution in [0.3, 0.4) is 0 Å². The van der Waals surface area contributed by atoms with Gasteiger partial charge in [0.15, 0.2) is 0 Å². The van der Waals surface area contributed by atoms with Gasteiger partial charge in [0.25, 0.3) is 5.91 Å². The Hall–Kier alpha value is -1.85. The number of nitrogens with zero attached hydrogens (tertiary/aromatic N) is 3. The van der Waals surface area contributed by atoms with E-state index in [1.165, 1.54) is 7.11 Å². The van der Waals surface area contributed by atoms with Gasteiger partial charge >= 0.3 is 5.97 Å². The van der Waals surface area contributed by atoms with Gasteiger partial charge in [-0.05, 0) is 25.3 Å². The molecule has 0 aliphatic carbocycles. The van der Waals surface area contributed by atoms with E-state index in [0.717, 1.165) is 25.0 Å². The van der Waals surface area contributed by atoms with E-state index < -0.39 is 0 Å². The normalized spacial score (nSPS) is 18.9. The molecule has 0 radical (unpaired) electrons. The van der Waals surface area contributed by atoms with Crippen molar-refractivity contribution >= 4 is 11.9 Å². The van der Waals surface area contributed by atoms with Gasteiger partial charge in [0.05, 0.1) is 18.7 Å². The van der Waals surface area contributed by atoms with Crippen molar-refractivity contribution < 1.29 is 14.3 Å². The maximum Gasteiger partial charge on any atom is 0.310 e. The Morgan fingerprint density at radius 2 is 2.25 bits per heavy atom. The fraction of sp³-hybridized carbons (Fsp3) is 0.643. The summed E-state index contributed by atoms with van der Waals surface area (Å²) in [6.07, 6.45) is 2.40. The van der Waals surface area contributed by atoms with E-state index in [4.69, 9.17) is 4.74 Å². The number of esters is 1. The van der Waals surface area contributed by atoms with Gasteiger partial charge < -0.3 is 9.64 Å². The minimum Gasteiger partial charge on any atom is -0.469 e. The van der Waals surface area contributed by atoms with Crippen LogP contribution in [0.5, 0.6) is 0 Å². The summed E-state index contributed by atoms with van der Waals surface area (Å²) in [5.74, 6) is -0.508. The Morgan fingerprint density at radius 3 is 2.85 bits per heavy atom. The van der Waals surface area contributed by atoms with Crippen molar-refractivity contribution in [2.24, 2.45) is 13.0 Å². The first-order valence-corrected chi connectivity index (χ1v) is 6.96. The molecule has 0 unspecified atom stereocenters. The van der Waals surface area contributed by atoms with E-state index in [-0.39, 0.29) is 17.8 Å². The zero-order valence-electron chi connectivity index (χ0n) is 12.3. The number of amides is 1. The van der Waals surface area contributed by atoms with Crippen LogP contribution in [0.25, 0.3) is 0 Å². The summed E-state index contributed by atoms with van der Waals surface area (Å²) in [7, 11) is 3.16. The zero-order chi connectivity index (χ0) is 14.7. The number of piperidine rings is 1. The number of ether oxygens (including phenoxy) is 1. The second kappa shape index (κ2) is 6.07. The topological polar surface area (TPSA) is 64.4 Å². The number of rotatable bonds is 3. The molecule has 20 heavy (non-hydrogen) atoms. The lowest BCUT2D eigenvalue weighted by Crippen LogP contribution is -2.43. The van der Waals surface area contributed by atoms with Crippen molar-refractivity contribution in [2.75, 3.05) is 20.2 Å². The molecule has 0 saturated carbocycles. The highest BCUT2D eigenvalue weighted by Gasteiger charge is 2.30. The van der Waals surface area contributed by atoms with Gasteiger partial charge in [0, 0.05) is 20.1 Å². The lowest BCUT2D eigenvalue weighted by atomic mass is 9.98. The lowest BCUT2D eigenvalue weighted by Gasteiger charge is -2.31. The summed E-state index contributed by atoms with van der Waals surface area (Å²) in [6.45, 7) is 3.11. The molecule has 110 valence electrons. The average Bonchev–Trinajstić information content (AvgIpc) is 2.87. The van der Waals surface area contributed by atoms with Gasteiger partial charge in [-0.3, -0.25) is 14.3 Å². The highest BCUT2D eigenvalue weighted by atomic mass is 16.5. The van der Waals surface area contributed by atoms with E-state index in [1.807, 2.05) is 13.0 Å². The first-order valence-electron chi connectivity index (χ1n) is 6.96. The molecule has 1 aliphatic heterocycles. The van der Waals surface area contributed by atoms with Crippen molar-refractivity contribution in [3.63, 3.8) is 0 Å². The maximum absolute atomic E-state index is 12.5. The van der Waals surface area contributed by atoms with Crippen molar-refractivity contribution in [1.82, 2.24) is 14.7 Å². The summed E-state index contributed by atoms with van der Waals surface area (Å²) in [5, 5.41) is 4.29. The molecular weight excluding hydrogens is 258 g/mol. The fourth-order valence-electron chi connectivity index (χ4n) is 2.58. The van der Waals surface area contributed by atoms with E-state index in [2.05, 4.69) is 5.10 Å². The van der Waals surface area contributed by atoms with Crippen LogP contribution in [0.1, 0.15) is 35.9 Å². The van der Waals surface area contributed by atoms with Crippen LogP contribution in [0.2, 0.25) is 0 Å². The van der Waals surface area contributed by atoms with Crippen LogP contribution in [0.15, 0.2) is 6.07 Å². The molecule has 0 aromatic carbocycles. The minimum atomic E-state index is -0.234. The number of hydrogen-bond donors (Lipinski definition) is 0. The molecule has 1 aromatic rings. The Kier molecular flexibility index (Phi) is 4.42. The molecule has 2 heterocycles. The molecule has 6 heteroatoms. The Bertz CT molecular complexity index is 510.